The van der Waals surface area contributed by atoms with Crippen molar-refractivity contribution in [2.45, 2.75) is 33.4 Å². The Balaban J connectivity index is 2.61. The fraction of sp³-hybridized carbons (Fsp3) is 0.667. The first kappa shape index (κ1) is 9.26. The van der Waals surface area contributed by atoms with Crippen LogP contribution < -0.4 is 5.73 Å². The van der Waals surface area contributed by atoms with Gasteiger partial charge in [0.05, 0.1) is 6.54 Å². The summed E-state index contributed by atoms with van der Waals surface area (Å²) in [4.78, 5) is 4.16. The first-order valence-electron chi connectivity index (χ1n) is 4.48. The average Bonchev–Trinajstić information content (AvgIpc) is 2.51. The van der Waals surface area contributed by atoms with Crippen LogP contribution in [0.3, 0.4) is 0 Å². The molecule has 0 saturated carbocycles. The number of nitrogens with two attached hydrogens (primary N) is 1. The van der Waals surface area contributed by atoms with Gasteiger partial charge in [-0.2, -0.15) is 0 Å². The SMILES string of the molecule is CCC(C)Cn1ccnc1CN. The Morgan fingerprint density at radius 3 is 3.00 bits per heavy atom. The van der Waals surface area contributed by atoms with E-state index in [2.05, 4.69) is 23.4 Å². The standard InChI is InChI=1S/C9H17N3/c1-3-8(2)7-12-5-4-11-9(12)6-10/h4-5,8H,3,6-7,10H2,1-2H3. The van der Waals surface area contributed by atoms with Crippen molar-refractivity contribution in [2.24, 2.45) is 11.7 Å². The van der Waals surface area contributed by atoms with Crippen molar-refractivity contribution in [2.75, 3.05) is 0 Å². The normalized spacial score (nSPS) is 13.2. The summed E-state index contributed by atoms with van der Waals surface area (Å²) < 4.78 is 2.13. The molecule has 1 aromatic rings. The summed E-state index contributed by atoms with van der Waals surface area (Å²) >= 11 is 0. The molecule has 0 radical (unpaired) electrons. The van der Waals surface area contributed by atoms with Crippen molar-refractivity contribution in [3.05, 3.63) is 18.2 Å². The van der Waals surface area contributed by atoms with E-state index in [9.17, 15) is 0 Å². The van der Waals surface area contributed by atoms with Crippen LogP contribution in [-0.4, -0.2) is 9.55 Å². The molecule has 1 atom stereocenters. The second kappa shape index (κ2) is 4.26. The van der Waals surface area contributed by atoms with Gasteiger partial charge in [0.1, 0.15) is 5.82 Å². The zero-order valence-electron chi connectivity index (χ0n) is 7.83. The molecule has 1 rings (SSSR count). The zero-order valence-corrected chi connectivity index (χ0v) is 7.83. The Bertz CT molecular complexity index is 229. The largest absolute Gasteiger partial charge is 0.334 e. The van der Waals surface area contributed by atoms with Gasteiger partial charge in [-0.15, -0.1) is 0 Å². The van der Waals surface area contributed by atoms with E-state index in [0.717, 1.165) is 12.4 Å². The molecule has 0 aliphatic rings. The van der Waals surface area contributed by atoms with Crippen molar-refractivity contribution in [3.8, 4) is 0 Å². The van der Waals surface area contributed by atoms with Crippen LogP contribution in [0.1, 0.15) is 26.1 Å². The number of rotatable bonds is 4. The molecule has 0 aliphatic heterocycles. The maximum atomic E-state index is 5.53. The van der Waals surface area contributed by atoms with Crippen LogP contribution in [0.4, 0.5) is 0 Å². The number of hydrogen-bond donors (Lipinski definition) is 1. The summed E-state index contributed by atoms with van der Waals surface area (Å²) in [5, 5.41) is 0. The predicted molar refractivity (Wildman–Crippen MR) is 49.6 cm³/mol. The highest BCUT2D eigenvalue weighted by atomic mass is 15.1. The summed E-state index contributed by atoms with van der Waals surface area (Å²) in [5.74, 6) is 1.68. The van der Waals surface area contributed by atoms with Crippen LogP contribution >= 0.6 is 0 Å². The van der Waals surface area contributed by atoms with E-state index in [0.29, 0.717) is 12.5 Å². The molecular weight excluding hydrogens is 150 g/mol. The van der Waals surface area contributed by atoms with E-state index in [1.165, 1.54) is 6.42 Å². The Morgan fingerprint density at radius 2 is 2.42 bits per heavy atom. The van der Waals surface area contributed by atoms with E-state index < -0.39 is 0 Å². The molecule has 1 heterocycles. The number of hydrogen-bond acceptors (Lipinski definition) is 2. The average molecular weight is 167 g/mol. The van der Waals surface area contributed by atoms with Gasteiger partial charge in [-0.3, -0.25) is 0 Å². The molecular formula is C9H17N3. The molecule has 0 fully saturated rings. The topological polar surface area (TPSA) is 43.8 Å². The summed E-state index contributed by atoms with van der Waals surface area (Å²) in [6.45, 7) is 6.00. The quantitative estimate of drug-likeness (QED) is 0.736. The van der Waals surface area contributed by atoms with Gasteiger partial charge in [-0.05, 0) is 5.92 Å². The molecule has 2 N–H and O–H groups in total. The van der Waals surface area contributed by atoms with E-state index in [1.807, 2.05) is 12.4 Å². The van der Waals surface area contributed by atoms with Crippen LogP contribution in [0, 0.1) is 5.92 Å². The van der Waals surface area contributed by atoms with E-state index in [1.54, 1.807) is 0 Å². The van der Waals surface area contributed by atoms with Crippen LogP contribution in [0.25, 0.3) is 0 Å². The Hall–Kier alpha value is -0.830. The molecule has 0 spiro atoms. The molecule has 0 aromatic carbocycles. The fourth-order valence-electron chi connectivity index (χ4n) is 1.16. The van der Waals surface area contributed by atoms with Gasteiger partial charge in [0.2, 0.25) is 0 Å². The molecule has 1 unspecified atom stereocenters. The molecule has 0 aliphatic carbocycles. The van der Waals surface area contributed by atoms with Crippen LogP contribution in [0.2, 0.25) is 0 Å². The zero-order chi connectivity index (χ0) is 8.97. The Kier molecular flexibility index (Phi) is 3.29. The minimum atomic E-state index is 0.531. The molecule has 68 valence electrons. The smallest absolute Gasteiger partial charge is 0.122 e. The van der Waals surface area contributed by atoms with E-state index in [-0.39, 0.29) is 0 Å². The highest BCUT2D eigenvalue weighted by Crippen LogP contribution is 2.06. The molecule has 1 aromatic heterocycles. The van der Waals surface area contributed by atoms with Gasteiger partial charge in [0.25, 0.3) is 0 Å². The lowest BCUT2D eigenvalue weighted by Crippen LogP contribution is -2.12. The van der Waals surface area contributed by atoms with E-state index >= 15 is 0 Å². The van der Waals surface area contributed by atoms with Crippen molar-refractivity contribution in [1.29, 1.82) is 0 Å². The summed E-state index contributed by atoms with van der Waals surface area (Å²) in [5.41, 5.74) is 5.53. The monoisotopic (exact) mass is 167 g/mol. The molecule has 3 nitrogen and oxygen atoms in total. The third-order valence-electron chi connectivity index (χ3n) is 2.19. The number of imidazole rings is 1. The Morgan fingerprint density at radius 1 is 1.67 bits per heavy atom. The van der Waals surface area contributed by atoms with Crippen molar-refractivity contribution in [3.63, 3.8) is 0 Å². The first-order valence-corrected chi connectivity index (χ1v) is 4.48. The molecule has 0 amide bonds. The molecule has 0 saturated heterocycles. The lowest BCUT2D eigenvalue weighted by Gasteiger charge is -2.11. The number of aromatic nitrogens is 2. The van der Waals surface area contributed by atoms with Gasteiger partial charge in [-0.25, -0.2) is 4.98 Å². The van der Waals surface area contributed by atoms with E-state index in [4.69, 9.17) is 5.73 Å². The van der Waals surface area contributed by atoms with Crippen molar-refractivity contribution < 1.29 is 0 Å². The van der Waals surface area contributed by atoms with Crippen LogP contribution in [0.15, 0.2) is 12.4 Å². The van der Waals surface area contributed by atoms with Crippen molar-refractivity contribution in [1.82, 2.24) is 9.55 Å². The second-order valence-electron chi connectivity index (χ2n) is 3.21. The number of nitrogens with zero attached hydrogens (tertiary/aromatic N) is 2. The minimum absolute atomic E-state index is 0.531. The molecule has 0 bridgehead atoms. The van der Waals surface area contributed by atoms with Gasteiger partial charge in [0.15, 0.2) is 0 Å². The van der Waals surface area contributed by atoms with Gasteiger partial charge in [-0.1, -0.05) is 20.3 Å². The lowest BCUT2D eigenvalue weighted by molar-refractivity contribution is 0.458. The first-order chi connectivity index (χ1) is 5.77. The highest BCUT2D eigenvalue weighted by Gasteiger charge is 2.03. The minimum Gasteiger partial charge on any atom is -0.334 e. The van der Waals surface area contributed by atoms with Gasteiger partial charge >= 0.3 is 0 Å². The van der Waals surface area contributed by atoms with Crippen molar-refractivity contribution >= 4 is 0 Å². The second-order valence-corrected chi connectivity index (χ2v) is 3.21. The maximum absolute atomic E-state index is 5.53. The molecule has 3 heteroatoms. The lowest BCUT2D eigenvalue weighted by atomic mass is 10.1. The van der Waals surface area contributed by atoms with Gasteiger partial charge in [0, 0.05) is 18.9 Å². The Labute approximate surface area is 73.6 Å². The summed E-state index contributed by atoms with van der Waals surface area (Å²) in [6, 6.07) is 0. The highest BCUT2D eigenvalue weighted by molar-refractivity contribution is 4.91. The third kappa shape index (κ3) is 2.08. The van der Waals surface area contributed by atoms with Crippen LogP contribution in [0.5, 0.6) is 0 Å². The molecule has 12 heavy (non-hydrogen) atoms. The maximum Gasteiger partial charge on any atom is 0.122 e. The fourth-order valence-corrected chi connectivity index (χ4v) is 1.16. The third-order valence-corrected chi connectivity index (χ3v) is 2.19. The predicted octanol–water partition coefficient (Wildman–Crippen LogP) is 1.39. The summed E-state index contributed by atoms with van der Waals surface area (Å²) in [7, 11) is 0. The van der Waals surface area contributed by atoms with Crippen LogP contribution in [-0.2, 0) is 13.1 Å². The van der Waals surface area contributed by atoms with Gasteiger partial charge < -0.3 is 10.3 Å². The summed E-state index contributed by atoms with van der Waals surface area (Å²) in [6.07, 6.45) is 5.00.